The molecule has 0 heterocycles. The second-order valence-electron chi connectivity index (χ2n) is 0.707. The average molecular weight is 93.1 g/mol. The van der Waals surface area contributed by atoms with Gasteiger partial charge in [0.2, 0.25) is 5.95 Å². The van der Waals surface area contributed by atoms with Crippen molar-refractivity contribution in [2.24, 2.45) is 0 Å². The third kappa shape index (κ3) is 1.69. The van der Waals surface area contributed by atoms with Gasteiger partial charge >= 0.3 is 0 Å². The summed E-state index contributed by atoms with van der Waals surface area (Å²) in [5.41, 5.74) is 0. The highest BCUT2D eigenvalue weighted by Gasteiger charge is 1.79. The topological polar surface area (TPSA) is 12.0 Å². The van der Waals surface area contributed by atoms with Gasteiger partial charge in [0.05, 0.1) is 0 Å². The second-order valence-corrected chi connectivity index (χ2v) is 0.707. The van der Waals surface area contributed by atoms with Gasteiger partial charge in [0.25, 0.3) is 0 Å². The number of hydrogen-bond acceptors (Lipinski definition) is 1. The van der Waals surface area contributed by atoms with Crippen molar-refractivity contribution in [1.29, 1.82) is 0 Å². The van der Waals surface area contributed by atoms with Gasteiger partial charge in [0, 0.05) is 7.05 Å². The van der Waals surface area contributed by atoms with Crippen molar-refractivity contribution in [3.63, 3.8) is 0 Å². The van der Waals surface area contributed by atoms with Gasteiger partial charge in [-0.25, -0.2) is 4.39 Å². The maximum Gasteiger partial charge on any atom is 0.215 e. The Morgan fingerprint density at radius 1 is 1.83 bits per heavy atom. The van der Waals surface area contributed by atoms with E-state index < -0.39 is 5.95 Å². The predicted octanol–water partition coefficient (Wildman–Crippen LogP) is 0.944. The first-order chi connectivity index (χ1) is 2.81. The minimum Gasteiger partial charge on any atom is -0.363 e. The van der Waals surface area contributed by atoms with Crippen LogP contribution in [0.25, 0.3) is 0 Å². The van der Waals surface area contributed by atoms with E-state index in [9.17, 15) is 8.78 Å². The minimum absolute atomic E-state index is 0.139. The van der Waals surface area contributed by atoms with Crippen LogP contribution in [0.5, 0.6) is 0 Å². The molecule has 0 aromatic heterocycles. The molecule has 0 rings (SSSR count). The van der Waals surface area contributed by atoms with Crippen molar-refractivity contribution in [1.82, 2.24) is 5.32 Å². The average Bonchev–Trinajstić information content (AvgIpc) is 1.65. The molecule has 0 aromatic carbocycles. The highest BCUT2D eigenvalue weighted by Crippen LogP contribution is 1.85. The molecule has 0 aliphatic carbocycles. The van der Waals surface area contributed by atoms with Crippen LogP contribution in [0.1, 0.15) is 0 Å². The molecule has 0 saturated heterocycles. The van der Waals surface area contributed by atoms with Crippen molar-refractivity contribution in [2.45, 2.75) is 0 Å². The summed E-state index contributed by atoms with van der Waals surface area (Å²) in [4.78, 5) is 0. The first-order valence-electron chi connectivity index (χ1n) is 1.45. The highest BCUT2D eigenvalue weighted by molar-refractivity contribution is 4.77. The molecule has 0 amide bonds. The number of nitrogens with one attached hydrogen (secondary N) is 1. The molecule has 0 aliphatic rings. The molecular formula is C3H5F2N. The van der Waals surface area contributed by atoms with Crippen molar-refractivity contribution >= 4 is 0 Å². The van der Waals surface area contributed by atoms with E-state index in [-0.39, 0.29) is 6.33 Å². The van der Waals surface area contributed by atoms with Crippen molar-refractivity contribution < 1.29 is 8.78 Å². The molecule has 0 fully saturated rings. The summed E-state index contributed by atoms with van der Waals surface area (Å²) in [7, 11) is 1.30. The highest BCUT2D eigenvalue weighted by atomic mass is 19.2. The van der Waals surface area contributed by atoms with Crippen LogP contribution >= 0.6 is 0 Å². The largest absolute Gasteiger partial charge is 0.363 e. The molecule has 0 spiro atoms. The number of hydrogen-bond donors (Lipinski definition) is 1. The Kier molecular flexibility index (Phi) is 2.36. The summed E-state index contributed by atoms with van der Waals surface area (Å²) in [5.74, 6) is -0.949. The molecule has 3 heteroatoms. The Morgan fingerprint density at radius 3 is 2.33 bits per heavy atom. The molecule has 0 atom stereocenters. The fraction of sp³-hybridized carbons (Fsp3) is 0.333. The number of rotatable bonds is 1. The van der Waals surface area contributed by atoms with Crippen LogP contribution in [0.3, 0.4) is 0 Å². The molecule has 0 unspecified atom stereocenters. The lowest BCUT2D eigenvalue weighted by molar-refractivity contribution is 0.533. The van der Waals surface area contributed by atoms with Gasteiger partial charge in [-0.15, -0.1) is 0 Å². The Balaban J connectivity index is 3.22. The maximum atomic E-state index is 11.2. The van der Waals surface area contributed by atoms with E-state index in [0.29, 0.717) is 0 Å². The van der Waals surface area contributed by atoms with E-state index in [4.69, 9.17) is 0 Å². The normalized spacial score (nSPS) is 11.5. The first-order valence-corrected chi connectivity index (χ1v) is 1.45. The third-order valence-corrected chi connectivity index (χ3v) is 0.335. The zero-order valence-electron chi connectivity index (χ0n) is 3.33. The van der Waals surface area contributed by atoms with E-state index in [1.807, 2.05) is 5.32 Å². The SMILES string of the molecule is CN/C(F)=C\F. The summed E-state index contributed by atoms with van der Waals surface area (Å²) in [6, 6.07) is 0. The van der Waals surface area contributed by atoms with Crippen LogP contribution < -0.4 is 5.32 Å². The maximum absolute atomic E-state index is 11.2. The zero-order chi connectivity index (χ0) is 4.99. The quantitative estimate of drug-likeness (QED) is 0.476. The van der Waals surface area contributed by atoms with E-state index in [2.05, 4.69) is 0 Å². The van der Waals surface area contributed by atoms with Gasteiger partial charge in [-0.3, -0.25) is 0 Å². The van der Waals surface area contributed by atoms with Gasteiger partial charge in [0.1, 0.15) is 6.33 Å². The smallest absolute Gasteiger partial charge is 0.215 e. The van der Waals surface area contributed by atoms with Crippen molar-refractivity contribution in [3.05, 3.63) is 12.3 Å². The zero-order valence-corrected chi connectivity index (χ0v) is 3.33. The second kappa shape index (κ2) is 2.63. The Bertz CT molecular complexity index is 59.8. The van der Waals surface area contributed by atoms with Crippen LogP contribution in [0.4, 0.5) is 8.78 Å². The van der Waals surface area contributed by atoms with E-state index >= 15 is 0 Å². The Hall–Kier alpha value is -0.600. The predicted molar refractivity (Wildman–Crippen MR) is 19.4 cm³/mol. The van der Waals surface area contributed by atoms with Crippen LogP contribution in [-0.4, -0.2) is 7.05 Å². The Labute approximate surface area is 34.7 Å². The summed E-state index contributed by atoms with van der Waals surface area (Å²) in [6.45, 7) is 0. The molecule has 1 N–H and O–H groups in total. The molecule has 1 nitrogen and oxygen atoms in total. The van der Waals surface area contributed by atoms with Crippen LogP contribution in [0, 0.1) is 0 Å². The van der Waals surface area contributed by atoms with Gasteiger partial charge in [-0.1, -0.05) is 0 Å². The van der Waals surface area contributed by atoms with Gasteiger partial charge in [-0.05, 0) is 0 Å². The summed E-state index contributed by atoms with van der Waals surface area (Å²) < 4.78 is 22.0. The molecule has 0 radical (unpaired) electrons. The molecular weight excluding hydrogens is 88.0 g/mol. The summed E-state index contributed by atoms with van der Waals surface area (Å²) in [6.07, 6.45) is -0.139. The van der Waals surface area contributed by atoms with Crippen LogP contribution in [0.2, 0.25) is 0 Å². The summed E-state index contributed by atoms with van der Waals surface area (Å²) in [5, 5.41) is 1.93. The fourth-order valence-electron chi connectivity index (χ4n) is 0.0546. The minimum atomic E-state index is -0.949. The first kappa shape index (κ1) is 5.40. The van der Waals surface area contributed by atoms with Gasteiger partial charge in [-0.2, -0.15) is 4.39 Å². The monoisotopic (exact) mass is 93.0 g/mol. The molecule has 0 aliphatic heterocycles. The lowest BCUT2D eigenvalue weighted by atomic mass is 10.9. The molecule has 0 bridgehead atoms. The van der Waals surface area contributed by atoms with Crippen LogP contribution in [0.15, 0.2) is 12.3 Å². The Morgan fingerprint density at radius 2 is 2.33 bits per heavy atom. The lowest BCUT2D eigenvalue weighted by Crippen LogP contribution is -1.98. The standard InChI is InChI=1S/C3H5F2N/c1-6-3(5)2-4/h2,6H,1H3/b3-2-. The van der Waals surface area contributed by atoms with E-state index in [1.165, 1.54) is 7.05 Å². The van der Waals surface area contributed by atoms with Crippen molar-refractivity contribution in [2.75, 3.05) is 7.05 Å². The lowest BCUT2D eigenvalue weighted by Gasteiger charge is -1.83. The molecule has 0 saturated carbocycles. The van der Waals surface area contributed by atoms with Crippen LogP contribution in [-0.2, 0) is 0 Å². The summed E-state index contributed by atoms with van der Waals surface area (Å²) >= 11 is 0. The molecule has 0 aromatic rings. The number of halogens is 2. The van der Waals surface area contributed by atoms with Gasteiger partial charge in [0.15, 0.2) is 0 Å². The van der Waals surface area contributed by atoms with E-state index in [0.717, 1.165) is 0 Å². The molecule has 6 heavy (non-hydrogen) atoms. The fourth-order valence-corrected chi connectivity index (χ4v) is 0.0546. The molecule has 36 valence electrons. The van der Waals surface area contributed by atoms with E-state index in [1.54, 1.807) is 0 Å². The third-order valence-electron chi connectivity index (χ3n) is 0.335. The van der Waals surface area contributed by atoms with Gasteiger partial charge < -0.3 is 5.32 Å². The van der Waals surface area contributed by atoms with Crippen molar-refractivity contribution in [3.8, 4) is 0 Å².